The standard InChI is InChI=1S/C24H19FN4O2/c25-17-5-1-4-16(14-17)22-23(28-11-10-27-22)21-15-29(12-13-31-21)24(30)19-6-2-8-20-18(19)7-3-9-26-20/h1-11,14,21H,12-13,15H2. The van der Waals surface area contributed by atoms with Gasteiger partial charge in [0.1, 0.15) is 11.9 Å². The first kappa shape index (κ1) is 19.3. The number of carbonyl (C=O) groups excluding carboxylic acids is 1. The molecule has 0 spiro atoms. The van der Waals surface area contributed by atoms with Gasteiger partial charge in [-0.15, -0.1) is 0 Å². The minimum Gasteiger partial charge on any atom is -0.368 e. The van der Waals surface area contributed by atoms with E-state index in [2.05, 4.69) is 15.0 Å². The van der Waals surface area contributed by atoms with E-state index in [0.717, 1.165) is 10.9 Å². The fourth-order valence-electron chi connectivity index (χ4n) is 3.90. The van der Waals surface area contributed by atoms with Crippen LogP contribution in [-0.4, -0.2) is 45.5 Å². The smallest absolute Gasteiger partial charge is 0.254 e. The minimum atomic E-state index is -0.460. The lowest BCUT2D eigenvalue weighted by molar-refractivity contribution is -0.0245. The molecule has 0 N–H and O–H groups in total. The third-order valence-electron chi connectivity index (χ3n) is 5.36. The minimum absolute atomic E-state index is 0.0805. The fourth-order valence-corrected chi connectivity index (χ4v) is 3.90. The number of carbonyl (C=O) groups is 1. The summed E-state index contributed by atoms with van der Waals surface area (Å²) in [6.45, 7) is 1.18. The van der Waals surface area contributed by atoms with Gasteiger partial charge in [-0.3, -0.25) is 19.7 Å². The molecule has 5 rings (SSSR count). The lowest BCUT2D eigenvalue weighted by atomic mass is 10.0. The van der Waals surface area contributed by atoms with Crippen molar-refractivity contribution in [1.29, 1.82) is 0 Å². The topological polar surface area (TPSA) is 68.2 Å². The molecule has 0 radical (unpaired) electrons. The number of hydrogen-bond acceptors (Lipinski definition) is 5. The summed E-state index contributed by atoms with van der Waals surface area (Å²) in [6.07, 6.45) is 4.40. The van der Waals surface area contributed by atoms with Crippen LogP contribution in [0, 0.1) is 5.82 Å². The molecule has 2 aromatic heterocycles. The number of amides is 1. The molecular formula is C24H19FN4O2. The third kappa shape index (κ3) is 3.75. The van der Waals surface area contributed by atoms with E-state index in [1.54, 1.807) is 35.6 Å². The Hall–Kier alpha value is -3.71. The highest BCUT2D eigenvalue weighted by Gasteiger charge is 2.30. The summed E-state index contributed by atoms with van der Waals surface area (Å²) in [7, 11) is 0. The molecule has 7 heteroatoms. The largest absolute Gasteiger partial charge is 0.368 e. The molecule has 0 bridgehead atoms. The predicted molar refractivity (Wildman–Crippen MR) is 114 cm³/mol. The first-order valence-corrected chi connectivity index (χ1v) is 10.0. The summed E-state index contributed by atoms with van der Waals surface area (Å²) in [5.41, 5.74) is 3.15. The molecule has 0 aliphatic carbocycles. The van der Waals surface area contributed by atoms with Crippen molar-refractivity contribution in [1.82, 2.24) is 19.9 Å². The zero-order chi connectivity index (χ0) is 21.2. The molecule has 1 atom stereocenters. The number of ether oxygens (including phenoxy) is 1. The number of aromatic nitrogens is 3. The maximum absolute atomic E-state index is 13.8. The summed E-state index contributed by atoms with van der Waals surface area (Å²) < 4.78 is 19.7. The SMILES string of the molecule is O=C(c1cccc2ncccc12)N1CCOC(c2nccnc2-c2cccc(F)c2)C1. The molecular weight excluding hydrogens is 395 g/mol. The molecule has 1 aliphatic heterocycles. The number of halogens is 1. The van der Waals surface area contributed by atoms with E-state index in [1.165, 1.54) is 12.1 Å². The second-order valence-corrected chi connectivity index (χ2v) is 7.29. The van der Waals surface area contributed by atoms with Gasteiger partial charge in [0.05, 0.1) is 30.1 Å². The van der Waals surface area contributed by atoms with Gasteiger partial charge < -0.3 is 9.64 Å². The molecule has 4 aromatic rings. The Morgan fingerprint density at radius 2 is 1.87 bits per heavy atom. The Balaban J connectivity index is 1.46. The summed E-state index contributed by atoms with van der Waals surface area (Å²) >= 11 is 0. The van der Waals surface area contributed by atoms with Crippen LogP contribution in [0.3, 0.4) is 0 Å². The van der Waals surface area contributed by atoms with Crippen LogP contribution in [0.25, 0.3) is 22.2 Å². The predicted octanol–water partition coefficient (Wildman–Crippen LogP) is 4.04. The quantitative estimate of drug-likeness (QED) is 0.506. The van der Waals surface area contributed by atoms with Crippen LogP contribution in [0.15, 0.2) is 73.2 Å². The lowest BCUT2D eigenvalue weighted by Gasteiger charge is -2.33. The summed E-state index contributed by atoms with van der Waals surface area (Å²) in [5.74, 6) is -0.428. The zero-order valence-corrected chi connectivity index (χ0v) is 16.6. The van der Waals surface area contributed by atoms with Crippen LogP contribution < -0.4 is 0 Å². The van der Waals surface area contributed by atoms with Crippen LogP contribution in [0.4, 0.5) is 4.39 Å². The molecule has 6 nitrogen and oxygen atoms in total. The van der Waals surface area contributed by atoms with Crippen molar-refractivity contribution < 1.29 is 13.9 Å². The van der Waals surface area contributed by atoms with Gasteiger partial charge in [0.2, 0.25) is 0 Å². The van der Waals surface area contributed by atoms with E-state index in [1.807, 2.05) is 30.3 Å². The monoisotopic (exact) mass is 414 g/mol. The molecule has 0 saturated carbocycles. The number of rotatable bonds is 3. The van der Waals surface area contributed by atoms with Crippen LogP contribution in [-0.2, 0) is 4.74 Å². The van der Waals surface area contributed by atoms with Gasteiger partial charge in [-0.2, -0.15) is 0 Å². The molecule has 2 aromatic carbocycles. The van der Waals surface area contributed by atoms with Gasteiger partial charge in [0.15, 0.2) is 0 Å². The van der Waals surface area contributed by atoms with E-state index in [-0.39, 0.29) is 11.7 Å². The number of hydrogen-bond donors (Lipinski definition) is 0. The van der Waals surface area contributed by atoms with E-state index >= 15 is 0 Å². The first-order valence-electron chi connectivity index (χ1n) is 10.0. The molecule has 1 saturated heterocycles. The Morgan fingerprint density at radius 3 is 2.77 bits per heavy atom. The summed E-state index contributed by atoms with van der Waals surface area (Å²) in [5, 5.41) is 0.818. The molecule has 1 unspecified atom stereocenters. The highest BCUT2D eigenvalue weighted by Crippen LogP contribution is 2.30. The molecule has 3 heterocycles. The maximum Gasteiger partial charge on any atom is 0.254 e. The number of nitrogens with zero attached hydrogens (tertiary/aromatic N) is 4. The highest BCUT2D eigenvalue weighted by molar-refractivity contribution is 6.06. The Morgan fingerprint density at radius 1 is 1.00 bits per heavy atom. The normalized spacial score (nSPS) is 16.4. The Bertz CT molecular complexity index is 1260. The molecule has 154 valence electrons. The van der Waals surface area contributed by atoms with Crippen LogP contribution in [0.2, 0.25) is 0 Å². The Labute approximate surface area is 178 Å². The number of fused-ring (bicyclic) bond motifs is 1. The molecule has 1 fully saturated rings. The van der Waals surface area contributed by atoms with Gasteiger partial charge >= 0.3 is 0 Å². The van der Waals surface area contributed by atoms with E-state index in [4.69, 9.17) is 4.74 Å². The van der Waals surface area contributed by atoms with Crippen molar-refractivity contribution in [3.05, 3.63) is 90.3 Å². The number of morpholine rings is 1. The number of pyridine rings is 1. The van der Waals surface area contributed by atoms with E-state index in [0.29, 0.717) is 42.2 Å². The fraction of sp³-hybridized carbons (Fsp3) is 0.167. The van der Waals surface area contributed by atoms with Crippen molar-refractivity contribution in [3.63, 3.8) is 0 Å². The van der Waals surface area contributed by atoms with Gasteiger partial charge in [-0.25, -0.2) is 4.39 Å². The van der Waals surface area contributed by atoms with Crippen LogP contribution in [0.5, 0.6) is 0 Å². The van der Waals surface area contributed by atoms with E-state index < -0.39 is 6.10 Å². The van der Waals surface area contributed by atoms with Gasteiger partial charge in [-0.1, -0.05) is 24.3 Å². The van der Waals surface area contributed by atoms with Crippen LogP contribution >= 0.6 is 0 Å². The first-order chi connectivity index (χ1) is 15.2. The van der Waals surface area contributed by atoms with E-state index in [9.17, 15) is 9.18 Å². The average Bonchev–Trinajstić information content (AvgIpc) is 2.83. The highest BCUT2D eigenvalue weighted by atomic mass is 19.1. The van der Waals surface area contributed by atoms with Gasteiger partial charge in [-0.05, 0) is 30.3 Å². The second kappa shape index (κ2) is 8.20. The van der Waals surface area contributed by atoms with Crippen molar-refractivity contribution in [3.8, 4) is 11.3 Å². The Kier molecular flexibility index (Phi) is 5.09. The summed E-state index contributed by atoms with van der Waals surface area (Å²) in [6, 6.07) is 15.5. The molecule has 1 amide bonds. The van der Waals surface area contributed by atoms with Crippen molar-refractivity contribution in [2.24, 2.45) is 0 Å². The average molecular weight is 414 g/mol. The van der Waals surface area contributed by atoms with Gasteiger partial charge in [0, 0.05) is 41.6 Å². The zero-order valence-electron chi connectivity index (χ0n) is 16.6. The van der Waals surface area contributed by atoms with Crippen LogP contribution in [0.1, 0.15) is 22.2 Å². The second-order valence-electron chi connectivity index (χ2n) is 7.29. The third-order valence-corrected chi connectivity index (χ3v) is 5.36. The molecule has 31 heavy (non-hydrogen) atoms. The van der Waals surface area contributed by atoms with Crippen molar-refractivity contribution in [2.45, 2.75) is 6.10 Å². The molecule has 1 aliphatic rings. The van der Waals surface area contributed by atoms with Crippen molar-refractivity contribution in [2.75, 3.05) is 19.7 Å². The summed E-state index contributed by atoms with van der Waals surface area (Å²) in [4.78, 5) is 28.3. The number of benzene rings is 2. The van der Waals surface area contributed by atoms with Gasteiger partial charge in [0.25, 0.3) is 5.91 Å². The van der Waals surface area contributed by atoms with Crippen molar-refractivity contribution >= 4 is 16.8 Å². The maximum atomic E-state index is 13.8. The lowest BCUT2D eigenvalue weighted by Crippen LogP contribution is -2.42.